The predicted octanol–water partition coefficient (Wildman–Crippen LogP) is 3.59. The first kappa shape index (κ1) is 22.9. The molecule has 0 saturated heterocycles. The highest BCUT2D eigenvalue weighted by atomic mass is 127. The summed E-state index contributed by atoms with van der Waals surface area (Å²) in [6.07, 6.45) is -2.34. The number of rotatable bonds is 5. The standard InChI is InChI=1S/C16H20F3N3S.HI/c1-3-20-15(22-10-11-23-2)21-9-5-7-13-6-4-8-14(12-13)16(17,18)19;/h4,6,8,12H,3,9-11H2,1-2H3,(H2,20,21,22);1H. The fourth-order valence-corrected chi connectivity index (χ4v) is 1.91. The lowest BCUT2D eigenvalue weighted by Gasteiger charge is -2.08. The number of hydrogen-bond donors (Lipinski definition) is 2. The third-order valence-corrected chi connectivity index (χ3v) is 3.27. The van der Waals surface area contributed by atoms with Gasteiger partial charge < -0.3 is 10.6 Å². The fraction of sp³-hybridized carbons (Fsp3) is 0.438. The van der Waals surface area contributed by atoms with E-state index in [9.17, 15) is 13.2 Å². The van der Waals surface area contributed by atoms with Gasteiger partial charge in [-0.15, -0.1) is 24.0 Å². The van der Waals surface area contributed by atoms with Crippen LogP contribution in [0.4, 0.5) is 13.2 Å². The van der Waals surface area contributed by atoms with Crippen molar-refractivity contribution < 1.29 is 13.2 Å². The summed E-state index contributed by atoms with van der Waals surface area (Å²) >= 11 is 1.71. The summed E-state index contributed by atoms with van der Waals surface area (Å²) in [5, 5.41) is 6.11. The molecule has 0 fully saturated rings. The summed E-state index contributed by atoms with van der Waals surface area (Å²) in [4.78, 5) is 4.35. The first-order chi connectivity index (χ1) is 11.0. The van der Waals surface area contributed by atoms with Crippen molar-refractivity contribution in [3.05, 3.63) is 35.4 Å². The molecule has 2 N–H and O–H groups in total. The van der Waals surface area contributed by atoms with E-state index in [0.717, 1.165) is 24.4 Å². The van der Waals surface area contributed by atoms with Crippen LogP contribution in [0.2, 0.25) is 0 Å². The maximum absolute atomic E-state index is 12.6. The molecular weight excluding hydrogens is 450 g/mol. The van der Waals surface area contributed by atoms with E-state index in [1.54, 1.807) is 17.8 Å². The second-order valence-corrected chi connectivity index (χ2v) is 5.47. The third-order valence-electron chi connectivity index (χ3n) is 2.68. The van der Waals surface area contributed by atoms with E-state index in [0.29, 0.717) is 24.6 Å². The van der Waals surface area contributed by atoms with Gasteiger partial charge in [0.2, 0.25) is 0 Å². The van der Waals surface area contributed by atoms with E-state index in [4.69, 9.17) is 0 Å². The smallest absolute Gasteiger partial charge is 0.357 e. The molecule has 0 atom stereocenters. The maximum Gasteiger partial charge on any atom is 0.416 e. The van der Waals surface area contributed by atoms with Crippen molar-refractivity contribution in [1.29, 1.82) is 0 Å². The largest absolute Gasteiger partial charge is 0.416 e. The predicted molar refractivity (Wildman–Crippen MR) is 106 cm³/mol. The van der Waals surface area contributed by atoms with Gasteiger partial charge in [0.1, 0.15) is 0 Å². The Morgan fingerprint density at radius 1 is 1.29 bits per heavy atom. The highest BCUT2D eigenvalue weighted by Crippen LogP contribution is 2.29. The topological polar surface area (TPSA) is 36.4 Å². The summed E-state index contributed by atoms with van der Waals surface area (Å²) in [6, 6.07) is 4.99. The molecule has 0 radical (unpaired) electrons. The first-order valence-corrected chi connectivity index (χ1v) is 8.54. The van der Waals surface area contributed by atoms with E-state index in [1.807, 2.05) is 13.2 Å². The first-order valence-electron chi connectivity index (χ1n) is 7.14. The Kier molecular flexibility index (Phi) is 11.8. The van der Waals surface area contributed by atoms with Crippen LogP contribution in [0, 0.1) is 11.8 Å². The third kappa shape index (κ3) is 9.27. The van der Waals surface area contributed by atoms with Crippen LogP contribution in [0.3, 0.4) is 0 Å². The number of alkyl halides is 3. The zero-order valence-electron chi connectivity index (χ0n) is 13.5. The monoisotopic (exact) mass is 471 g/mol. The molecule has 24 heavy (non-hydrogen) atoms. The summed E-state index contributed by atoms with van der Waals surface area (Å²) in [6.45, 7) is 3.69. The number of benzene rings is 1. The Labute approximate surface area is 162 Å². The molecule has 0 heterocycles. The molecule has 0 aliphatic heterocycles. The van der Waals surface area contributed by atoms with E-state index >= 15 is 0 Å². The van der Waals surface area contributed by atoms with Gasteiger partial charge in [0.15, 0.2) is 5.96 Å². The van der Waals surface area contributed by atoms with Gasteiger partial charge in [-0.2, -0.15) is 24.9 Å². The van der Waals surface area contributed by atoms with Gasteiger partial charge in [-0.05, 0) is 31.4 Å². The quantitative estimate of drug-likeness (QED) is 0.227. The molecule has 8 heteroatoms. The minimum absolute atomic E-state index is 0. The molecule has 0 saturated carbocycles. The van der Waals surface area contributed by atoms with Crippen LogP contribution in [0.5, 0.6) is 0 Å². The fourth-order valence-electron chi connectivity index (χ4n) is 1.64. The maximum atomic E-state index is 12.6. The van der Waals surface area contributed by atoms with Crippen molar-refractivity contribution in [3.63, 3.8) is 0 Å². The Balaban J connectivity index is 0.00000529. The normalized spacial score (nSPS) is 11.1. The molecule has 134 valence electrons. The van der Waals surface area contributed by atoms with E-state index in [1.165, 1.54) is 6.07 Å². The molecule has 0 aromatic heterocycles. The van der Waals surface area contributed by atoms with Gasteiger partial charge in [-0.3, -0.25) is 4.99 Å². The van der Waals surface area contributed by atoms with Gasteiger partial charge in [-0.1, -0.05) is 17.9 Å². The lowest BCUT2D eigenvalue weighted by atomic mass is 10.1. The number of nitrogens with zero attached hydrogens (tertiary/aromatic N) is 1. The number of thioether (sulfide) groups is 1. The lowest BCUT2D eigenvalue weighted by Crippen LogP contribution is -2.37. The van der Waals surface area contributed by atoms with Gasteiger partial charge >= 0.3 is 6.18 Å². The zero-order valence-corrected chi connectivity index (χ0v) is 16.7. The SMILES string of the molecule is CCNC(=NCCSC)NCC#Cc1cccc(C(F)(F)F)c1.I. The van der Waals surface area contributed by atoms with Crippen LogP contribution in [0.1, 0.15) is 18.1 Å². The number of nitrogens with one attached hydrogen (secondary N) is 2. The highest BCUT2D eigenvalue weighted by molar-refractivity contribution is 14.0. The van der Waals surface area contributed by atoms with Crippen LogP contribution in [0.25, 0.3) is 0 Å². The molecule has 0 amide bonds. The molecule has 1 rings (SSSR count). The van der Waals surface area contributed by atoms with Gasteiger partial charge in [0.25, 0.3) is 0 Å². The molecule has 3 nitrogen and oxygen atoms in total. The highest BCUT2D eigenvalue weighted by Gasteiger charge is 2.30. The van der Waals surface area contributed by atoms with Crippen LogP contribution < -0.4 is 10.6 Å². The van der Waals surface area contributed by atoms with E-state index in [2.05, 4.69) is 27.5 Å². The number of aliphatic imine (C=N–C) groups is 1. The van der Waals surface area contributed by atoms with E-state index in [-0.39, 0.29) is 24.0 Å². The Hall–Kier alpha value is -1.08. The molecule has 0 spiro atoms. The second kappa shape index (κ2) is 12.3. The minimum atomic E-state index is -4.35. The van der Waals surface area contributed by atoms with Gasteiger partial charge in [-0.25, -0.2) is 0 Å². The second-order valence-electron chi connectivity index (χ2n) is 4.49. The van der Waals surface area contributed by atoms with Crippen molar-refractivity contribution in [2.45, 2.75) is 13.1 Å². The van der Waals surface area contributed by atoms with Crippen molar-refractivity contribution in [2.75, 3.05) is 31.6 Å². The summed E-state index contributed by atoms with van der Waals surface area (Å²) in [5.74, 6) is 7.10. The number of halogens is 4. The molecular formula is C16H21F3IN3S. The van der Waals surface area contributed by atoms with Crippen molar-refractivity contribution in [2.24, 2.45) is 4.99 Å². The summed E-state index contributed by atoms with van der Waals surface area (Å²) in [5.41, 5.74) is -0.352. The van der Waals surface area contributed by atoms with Crippen molar-refractivity contribution in [1.82, 2.24) is 10.6 Å². The molecule has 1 aromatic rings. The van der Waals surface area contributed by atoms with Crippen LogP contribution >= 0.6 is 35.7 Å². The average Bonchev–Trinajstić information content (AvgIpc) is 2.51. The van der Waals surface area contributed by atoms with Crippen molar-refractivity contribution >= 4 is 41.7 Å². The van der Waals surface area contributed by atoms with Gasteiger partial charge in [0, 0.05) is 17.9 Å². The number of hydrogen-bond acceptors (Lipinski definition) is 2. The minimum Gasteiger partial charge on any atom is -0.357 e. The van der Waals surface area contributed by atoms with Crippen LogP contribution in [-0.4, -0.2) is 37.6 Å². The lowest BCUT2D eigenvalue weighted by molar-refractivity contribution is -0.137. The molecule has 1 aromatic carbocycles. The van der Waals surface area contributed by atoms with Crippen LogP contribution in [0.15, 0.2) is 29.3 Å². The zero-order chi connectivity index (χ0) is 17.1. The Morgan fingerprint density at radius 2 is 2.04 bits per heavy atom. The molecule has 0 unspecified atom stereocenters. The molecule has 0 aliphatic rings. The Morgan fingerprint density at radius 3 is 2.67 bits per heavy atom. The number of guanidine groups is 1. The molecule has 0 bridgehead atoms. The summed E-state index contributed by atoms with van der Waals surface area (Å²) < 4.78 is 37.8. The van der Waals surface area contributed by atoms with Gasteiger partial charge in [0.05, 0.1) is 18.7 Å². The average molecular weight is 471 g/mol. The Bertz CT molecular complexity index is 580. The van der Waals surface area contributed by atoms with E-state index < -0.39 is 11.7 Å². The molecule has 0 aliphatic carbocycles. The van der Waals surface area contributed by atoms with Crippen LogP contribution in [-0.2, 0) is 6.18 Å². The van der Waals surface area contributed by atoms with Crippen molar-refractivity contribution in [3.8, 4) is 11.8 Å². The summed E-state index contributed by atoms with van der Waals surface area (Å²) in [7, 11) is 0.